The zero-order chi connectivity index (χ0) is 21.1. The molecular weight excluding hydrogens is 405 g/mol. The average Bonchev–Trinajstić information content (AvgIpc) is 2.74. The summed E-state index contributed by atoms with van der Waals surface area (Å²) in [6.45, 7) is 4.80. The first-order valence-electron chi connectivity index (χ1n) is 9.58. The van der Waals surface area contributed by atoms with E-state index in [2.05, 4.69) is 36.6 Å². The third-order valence-corrected chi connectivity index (χ3v) is 6.54. The highest BCUT2D eigenvalue weighted by atomic mass is 32.2. The minimum absolute atomic E-state index is 0.0185. The first-order valence-corrected chi connectivity index (χ1v) is 11.1. The van der Waals surface area contributed by atoms with E-state index in [1.54, 1.807) is 6.92 Å². The van der Waals surface area contributed by atoms with Crippen molar-refractivity contribution < 1.29 is 12.8 Å². The molecule has 3 aromatic rings. The van der Waals surface area contributed by atoms with Gasteiger partial charge in [-0.15, -0.1) is 0 Å². The highest BCUT2D eigenvalue weighted by Gasteiger charge is 2.21. The van der Waals surface area contributed by atoms with Gasteiger partial charge >= 0.3 is 0 Å². The van der Waals surface area contributed by atoms with Crippen LogP contribution < -0.4 is 14.5 Å². The Morgan fingerprint density at radius 1 is 0.933 bits per heavy atom. The summed E-state index contributed by atoms with van der Waals surface area (Å²) in [6, 6.07) is 13.8. The molecule has 2 heterocycles. The summed E-state index contributed by atoms with van der Waals surface area (Å²) in [5, 5.41) is 0. The fourth-order valence-electron chi connectivity index (χ4n) is 3.47. The van der Waals surface area contributed by atoms with Gasteiger partial charge in [0.2, 0.25) is 5.95 Å². The second-order valence-electron chi connectivity index (χ2n) is 7.10. The fourth-order valence-corrected chi connectivity index (χ4v) is 4.72. The largest absolute Gasteiger partial charge is 0.368 e. The average molecular weight is 428 g/mol. The van der Waals surface area contributed by atoms with Crippen molar-refractivity contribution >= 4 is 27.3 Å². The zero-order valence-corrected chi connectivity index (χ0v) is 17.3. The number of nitrogens with zero attached hydrogens (tertiary/aromatic N) is 4. The van der Waals surface area contributed by atoms with Gasteiger partial charge in [0.05, 0.1) is 23.0 Å². The zero-order valence-electron chi connectivity index (χ0n) is 16.5. The molecule has 0 aliphatic carbocycles. The lowest BCUT2D eigenvalue weighted by atomic mass is 10.2. The summed E-state index contributed by atoms with van der Waals surface area (Å²) in [6.07, 6.45) is 2.89. The van der Waals surface area contributed by atoms with Gasteiger partial charge in [0.1, 0.15) is 5.82 Å². The normalized spacial score (nSPS) is 14.6. The summed E-state index contributed by atoms with van der Waals surface area (Å²) in [4.78, 5) is 13.0. The minimum atomic E-state index is -3.85. The van der Waals surface area contributed by atoms with Crippen molar-refractivity contribution in [1.82, 2.24) is 9.97 Å². The van der Waals surface area contributed by atoms with Gasteiger partial charge in [0.25, 0.3) is 10.0 Å². The summed E-state index contributed by atoms with van der Waals surface area (Å²) in [5.74, 6) is 0.0788. The predicted octanol–water partition coefficient (Wildman–Crippen LogP) is 3.05. The number of sulfonamides is 1. The van der Waals surface area contributed by atoms with E-state index in [0.29, 0.717) is 11.5 Å². The first kappa shape index (κ1) is 20.1. The monoisotopic (exact) mass is 427 g/mol. The molecule has 1 saturated heterocycles. The molecule has 0 unspecified atom stereocenters. The van der Waals surface area contributed by atoms with Crippen LogP contribution in [-0.2, 0) is 10.0 Å². The molecule has 1 aromatic heterocycles. The van der Waals surface area contributed by atoms with Crippen LogP contribution in [0, 0.1) is 12.7 Å². The smallest absolute Gasteiger partial charge is 0.262 e. The van der Waals surface area contributed by atoms with Crippen LogP contribution in [0.3, 0.4) is 0 Å². The van der Waals surface area contributed by atoms with Gasteiger partial charge in [-0.1, -0.05) is 18.2 Å². The third-order valence-electron chi connectivity index (χ3n) is 5.00. The van der Waals surface area contributed by atoms with E-state index >= 15 is 0 Å². The van der Waals surface area contributed by atoms with Gasteiger partial charge in [-0.25, -0.2) is 22.8 Å². The Hall–Kier alpha value is -3.20. The van der Waals surface area contributed by atoms with Gasteiger partial charge in [-0.3, -0.25) is 4.72 Å². The van der Waals surface area contributed by atoms with Crippen LogP contribution in [0.15, 0.2) is 65.8 Å². The van der Waals surface area contributed by atoms with E-state index in [1.165, 1.54) is 30.2 Å². The molecular formula is C21H22FN5O2S. The van der Waals surface area contributed by atoms with Crippen molar-refractivity contribution in [3.05, 3.63) is 72.3 Å². The van der Waals surface area contributed by atoms with E-state index in [4.69, 9.17) is 0 Å². The minimum Gasteiger partial charge on any atom is -0.368 e. The molecule has 7 nitrogen and oxygen atoms in total. The van der Waals surface area contributed by atoms with Crippen LogP contribution in [0.2, 0.25) is 0 Å². The Morgan fingerprint density at radius 3 is 2.20 bits per heavy atom. The number of nitrogens with one attached hydrogen (secondary N) is 1. The molecule has 0 radical (unpaired) electrons. The SMILES string of the molecule is Cc1cc(F)ccc1S(=O)(=O)Nc1cnc(N2CCN(c3ccccc3)CC2)nc1. The molecule has 0 spiro atoms. The molecule has 156 valence electrons. The third kappa shape index (κ3) is 4.35. The molecule has 1 aliphatic rings. The summed E-state index contributed by atoms with van der Waals surface area (Å²) in [5.41, 5.74) is 1.78. The highest BCUT2D eigenvalue weighted by Crippen LogP contribution is 2.21. The van der Waals surface area contributed by atoms with Crippen LogP contribution in [0.1, 0.15) is 5.56 Å². The van der Waals surface area contributed by atoms with Crippen LogP contribution in [0.25, 0.3) is 0 Å². The standard InChI is InChI=1S/C21H22FN5O2S/c1-16-13-17(22)7-8-20(16)30(28,29)25-18-14-23-21(24-15-18)27-11-9-26(10-12-27)19-5-3-2-4-6-19/h2-8,13-15,25H,9-12H2,1H3. The van der Waals surface area contributed by atoms with Gasteiger partial charge in [-0.05, 0) is 42.8 Å². The van der Waals surface area contributed by atoms with Gasteiger partial charge < -0.3 is 9.80 Å². The fraction of sp³-hybridized carbons (Fsp3) is 0.238. The Labute approximate surface area is 175 Å². The highest BCUT2D eigenvalue weighted by molar-refractivity contribution is 7.92. The van der Waals surface area contributed by atoms with Crippen molar-refractivity contribution in [2.75, 3.05) is 40.7 Å². The van der Waals surface area contributed by atoms with Crippen molar-refractivity contribution in [3.8, 4) is 0 Å². The molecule has 4 rings (SSSR count). The molecule has 0 bridgehead atoms. The number of para-hydroxylation sites is 1. The van der Waals surface area contributed by atoms with E-state index in [1.807, 2.05) is 18.2 Å². The first-order chi connectivity index (χ1) is 14.4. The predicted molar refractivity (Wildman–Crippen MR) is 115 cm³/mol. The molecule has 1 N–H and O–H groups in total. The maximum atomic E-state index is 13.3. The number of hydrogen-bond donors (Lipinski definition) is 1. The van der Waals surface area contributed by atoms with Crippen LogP contribution >= 0.6 is 0 Å². The van der Waals surface area contributed by atoms with Crippen LogP contribution in [0.4, 0.5) is 21.7 Å². The quantitative estimate of drug-likeness (QED) is 0.674. The number of piperazine rings is 1. The van der Waals surface area contributed by atoms with E-state index in [-0.39, 0.29) is 10.6 Å². The molecule has 9 heteroatoms. The molecule has 2 aromatic carbocycles. The van der Waals surface area contributed by atoms with Crippen molar-refractivity contribution in [1.29, 1.82) is 0 Å². The number of halogens is 1. The van der Waals surface area contributed by atoms with Crippen molar-refractivity contribution in [3.63, 3.8) is 0 Å². The Balaban J connectivity index is 1.41. The van der Waals surface area contributed by atoms with Crippen LogP contribution in [-0.4, -0.2) is 44.6 Å². The van der Waals surface area contributed by atoms with Gasteiger partial charge in [0.15, 0.2) is 0 Å². The van der Waals surface area contributed by atoms with E-state index in [9.17, 15) is 12.8 Å². The number of anilines is 3. The molecule has 0 amide bonds. The number of aryl methyl sites for hydroxylation is 1. The number of rotatable bonds is 5. The molecule has 30 heavy (non-hydrogen) atoms. The summed E-state index contributed by atoms with van der Waals surface area (Å²) in [7, 11) is -3.85. The Bertz CT molecular complexity index is 1120. The summed E-state index contributed by atoms with van der Waals surface area (Å²) >= 11 is 0. The lowest BCUT2D eigenvalue weighted by Crippen LogP contribution is -2.47. The van der Waals surface area contributed by atoms with E-state index < -0.39 is 15.8 Å². The number of benzene rings is 2. The van der Waals surface area contributed by atoms with Crippen LogP contribution in [0.5, 0.6) is 0 Å². The maximum Gasteiger partial charge on any atom is 0.262 e. The Morgan fingerprint density at radius 2 is 1.57 bits per heavy atom. The lowest BCUT2D eigenvalue weighted by Gasteiger charge is -2.36. The second kappa shape index (κ2) is 8.27. The van der Waals surface area contributed by atoms with E-state index in [0.717, 1.165) is 32.2 Å². The van der Waals surface area contributed by atoms with Crippen molar-refractivity contribution in [2.24, 2.45) is 0 Å². The molecule has 0 saturated carbocycles. The molecule has 1 aliphatic heterocycles. The topological polar surface area (TPSA) is 78.4 Å². The van der Waals surface area contributed by atoms with Gasteiger partial charge in [-0.2, -0.15) is 0 Å². The lowest BCUT2D eigenvalue weighted by molar-refractivity contribution is 0.598. The number of aromatic nitrogens is 2. The molecule has 1 fully saturated rings. The van der Waals surface area contributed by atoms with Crippen molar-refractivity contribution in [2.45, 2.75) is 11.8 Å². The molecule has 0 atom stereocenters. The maximum absolute atomic E-state index is 13.3. The van der Waals surface area contributed by atoms with Gasteiger partial charge in [0, 0.05) is 31.9 Å². The second-order valence-corrected chi connectivity index (χ2v) is 8.75. The summed E-state index contributed by atoms with van der Waals surface area (Å²) < 4.78 is 40.9. The number of hydrogen-bond acceptors (Lipinski definition) is 6. The Kier molecular flexibility index (Phi) is 5.54.